The number of nitrogens with one attached hydrogen (secondary N) is 1. The lowest BCUT2D eigenvalue weighted by atomic mass is 10.2. The number of aromatic nitrogens is 3. The van der Waals surface area contributed by atoms with Crippen LogP contribution in [0.25, 0.3) is 16.9 Å². The van der Waals surface area contributed by atoms with Crippen molar-refractivity contribution in [2.24, 2.45) is 0 Å². The minimum atomic E-state index is -4.41. The van der Waals surface area contributed by atoms with Crippen molar-refractivity contribution in [2.45, 2.75) is 13.1 Å². The monoisotopic (exact) mass is 404 g/mol. The van der Waals surface area contributed by atoms with Crippen LogP contribution in [0.4, 0.5) is 33.5 Å². The summed E-state index contributed by atoms with van der Waals surface area (Å²) in [6.07, 6.45) is -4.41. The predicted molar refractivity (Wildman–Crippen MR) is 98.2 cm³/mol. The average Bonchev–Trinajstić information content (AvgIpc) is 2.97. The van der Waals surface area contributed by atoms with Gasteiger partial charge in [0.2, 0.25) is 0 Å². The van der Waals surface area contributed by atoms with Gasteiger partial charge < -0.3 is 5.32 Å². The molecule has 148 valence electrons. The molecule has 0 aliphatic carbocycles. The van der Waals surface area contributed by atoms with Gasteiger partial charge in [-0.3, -0.25) is 4.57 Å². The second-order valence-electron chi connectivity index (χ2n) is 6.33. The van der Waals surface area contributed by atoms with Crippen molar-refractivity contribution < 1.29 is 22.0 Å². The topological polar surface area (TPSA) is 42.7 Å². The van der Waals surface area contributed by atoms with Crippen molar-refractivity contribution >= 4 is 22.5 Å². The van der Waals surface area contributed by atoms with Gasteiger partial charge >= 0.3 is 6.18 Å². The van der Waals surface area contributed by atoms with E-state index in [2.05, 4.69) is 15.3 Å². The first kappa shape index (κ1) is 18.9. The third-order valence-electron chi connectivity index (χ3n) is 4.31. The predicted octanol–water partition coefficient (Wildman–Crippen LogP) is 5.77. The molecule has 0 saturated carbocycles. The number of pyridine rings is 1. The summed E-state index contributed by atoms with van der Waals surface area (Å²) in [7, 11) is 0. The van der Waals surface area contributed by atoms with E-state index in [0.717, 1.165) is 24.3 Å². The molecule has 1 N–H and O–H groups in total. The van der Waals surface area contributed by atoms with Gasteiger partial charge in [-0.25, -0.2) is 18.7 Å². The summed E-state index contributed by atoms with van der Waals surface area (Å²) < 4.78 is 66.8. The van der Waals surface area contributed by atoms with Gasteiger partial charge in [0.05, 0.1) is 16.6 Å². The van der Waals surface area contributed by atoms with Gasteiger partial charge in [-0.2, -0.15) is 13.2 Å². The van der Waals surface area contributed by atoms with E-state index in [1.807, 2.05) is 0 Å². The first-order valence-electron chi connectivity index (χ1n) is 8.48. The van der Waals surface area contributed by atoms with E-state index < -0.39 is 23.4 Å². The molecule has 0 spiro atoms. The third-order valence-corrected chi connectivity index (χ3v) is 4.31. The number of rotatable bonds is 3. The number of hydrogen-bond acceptors (Lipinski definition) is 3. The number of fused-ring (bicyclic) bond motifs is 1. The molecule has 4 rings (SSSR count). The molecule has 0 unspecified atom stereocenters. The zero-order valence-electron chi connectivity index (χ0n) is 14.9. The van der Waals surface area contributed by atoms with Crippen LogP contribution in [0.1, 0.15) is 11.4 Å². The Morgan fingerprint density at radius 3 is 2.28 bits per heavy atom. The van der Waals surface area contributed by atoms with Crippen LogP contribution in [-0.2, 0) is 6.18 Å². The van der Waals surface area contributed by atoms with E-state index in [1.165, 1.54) is 12.1 Å². The van der Waals surface area contributed by atoms with Gasteiger partial charge in [0.1, 0.15) is 17.5 Å². The zero-order valence-corrected chi connectivity index (χ0v) is 14.9. The molecule has 2 aromatic carbocycles. The molecule has 0 bridgehead atoms. The molecule has 0 aliphatic rings. The molecule has 4 nitrogen and oxygen atoms in total. The van der Waals surface area contributed by atoms with E-state index in [4.69, 9.17) is 0 Å². The summed E-state index contributed by atoms with van der Waals surface area (Å²) in [5, 5.41) is 2.93. The number of hydrogen-bond donors (Lipinski definition) is 1. The van der Waals surface area contributed by atoms with Gasteiger partial charge in [0.25, 0.3) is 0 Å². The standard InChI is InChI=1S/C20H13F5N4/c1-11-26-16-9-14(21)15(22)10-17(16)29(11)19-4-2-3-18(28-19)27-13-7-5-12(6-8-13)20(23,24)25/h2-10H,1H3,(H,27,28). The van der Waals surface area contributed by atoms with Crippen molar-refractivity contribution in [2.75, 3.05) is 5.32 Å². The molecule has 9 heteroatoms. The Hall–Kier alpha value is -3.49. The van der Waals surface area contributed by atoms with Crippen LogP contribution < -0.4 is 5.32 Å². The van der Waals surface area contributed by atoms with Crippen molar-refractivity contribution in [3.8, 4) is 5.82 Å². The van der Waals surface area contributed by atoms with Gasteiger partial charge in [-0.1, -0.05) is 6.07 Å². The van der Waals surface area contributed by atoms with Crippen molar-refractivity contribution in [1.82, 2.24) is 14.5 Å². The van der Waals surface area contributed by atoms with Crippen molar-refractivity contribution in [3.05, 3.63) is 77.6 Å². The van der Waals surface area contributed by atoms with E-state index >= 15 is 0 Å². The largest absolute Gasteiger partial charge is 0.416 e. The summed E-state index contributed by atoms with van der Waals surface area (Å²) in [6.45, 7) is 1.67. The summed E-state index contributed by atoms with van der Waals surface area (Å²) in [4.78, 5) is 8.65. The second kappa shape index (κ2) is 6.84. The lowest BCUT2D eigenvalue weighted by Crippen LogP contribution is -2.05. The summed E-state index contributed by atoms with van der Waals surface area (Å²) in [5.41, 5.74) is 0.299. The van der Waals surface area contributed by atoms with Crippen LogP contribution >= 0.6 is 0 Å². The van der Waals surface area contributed by atoms with E-state index in [-0.39, 0.29) is 5.52 Å². The highest BCUT2D eigenvalue weighted by molar-refractivity contribution is 5.78. The molecular formula is C20H13F5N4. The summed E-state index contributed by atoms with van der Waals surface area (Å²) in [5.74, 6) is -0.756. The van der Waals surface area contributed by atoms with Crippen LogP contribution in [0, 0.1) is 18.6 Å². The maximum absolute atomic E-state index is 13.7. The quantitative estimate of drug-likeness (QED) is 0.441. The van der Waals surface area contributed by atoms with Crippen molar-refractivity contribution in [1.29, 1.82) is 0 Å². The van der Waals surface area contributed by atoms with Gasteiger partial charge in [0.15, 0.2) is 11.6 Å². The molecular weight excluding hydrogens is 391 g/mol. The smallest absolute Gasteiger partial charge is 0.340 e. The fraction of sp³-hybridized carbons (Fsp3) is 0.100. The van der Waals surface area contributed by atoms with E-state index in [0.29, 0.717) is 28.7 Å². The van der Waals surface area contributed by atoms with Gasteiger partial charge in [-0.15, -0.1) is 0 Å². The number of alkyl halides is 3. The third kappa shape index (κ3) is 3.63. The van der Waals surface area contributed by atoms with Crippen LogP contribution in [0.15, 0.2) is 54.6 Å². The minimum absolute atomic E-state index is 0.282. The zero-order chi connectivity index (χ0) is 20.8. The van der Waals surface area contributed by atoms with E-state index in [9.17, 15) is 22.0 Å². The van der Waals surface area contributed by atoms with Crippen LogP contribution in [0.2, 0.25) is 0 Å². The number of nitrogens with zero attached hydrogens (tertiary/aromatic N) is 3. The molecule has 0 fully saturated rings. The number of aryl methyl sites for hydroxylation is 1. The lowest BCUT2D eigenvalue weighted by Gasteiger charge is -2.11. The number of anilines is 2. The maximum Gasteiger partial charge on any atom is 0.416 e. The highest BCUT2D eigenvalue weighted by Gasteiger charge is 2.29. The first-order valence-corrected chi connectivity index (χ1v) is 8.48. The molecule has 0 amide bonds. The Labute approximate surface area is 161 Å². The van der Waals surface area contributed by atoms with E-state index in [1.54, 1.807) is 29.7 Å². The molecule has 29 heavy (non-hydrogen) atoms. The van der Waals surface area contributed by atoms with Crippen LogP contribution in [-0.4, -0.2) is 14.5 Å². The molecule has 2 heterocycles. The highest BCUT2D eigenvalue weighted by atomic mass is 19.4. The molecule has 0 saturated heterocycles. The minimum Gasteiger partial charge on any atom is -0.340 e. The summed E-state index contributed by atoms with van der Waals surface area (Å²) >= 11 is 0. The van der Waals surface area contributed by atoms with Gasteiger partial charge in [0, 0.05) is 17.8 Å². The highest BCUT2D eigenvalue weighted by Crippen LogP contribution is 2.30. The van der Waals surface area contributed by atoms with Crippen LogP contribution in [0.3, 0.4) is 0 Å². The fourth-order valence-corrected chi connectivity index (χ4v) is 2.99. The number of halogens is 5. The molecule has 2 aromatic heterocycles. The SMILES string of the molecule is Cc1nc2cc(F)c(F)cc2n1-c1cccc(Nc2ccc(C(F)(F)F)cc2)n1. The molecule has 0 radical (unpaired) electrons. The molecule has 0 aliphatic heterocycles. The number of benzene rings is 2. The van der Waals surface area contributed by atoms with Crippen molar-refractivity contribution in [3.63, 3.8) is 0 Å². The maximum atomic E-state index is 13.7. The average molecular weight is 404 g/mol. The molecule has 0 atom stereocenters. The Balaban J connectivity index is 1.69. The Bertz CT molecular complexity index is 1200. The van der Waals surface area contributed by atoms with Gasteiger partial charge in [-0.05, 0) is 43.3 Å². The first-order chi connectivity index (χ1) is 13.7. The Kier molecular flexibility index (Phi) is 4.45. The Morgan fingerprint density at radius 2 is 1.59 bits per heavy atom. The Morgan fingerprint density at radius 1 is 0.897 bits per heavy atom. The number of imidazole rings is 1. The summed E-state index contributed by atoms with van der Waals surface area (Å²) in [6, 6.07) is 11.6. The fourth-order valence-electron chi connectivity index (χ4n) is 2.99. The van der Waals surface area contributed by atoms with Crippen LogP contribution in [0.5, 0.6) is 0 Å². The normalized spacial score (nSPS) is 11.8. The second-order valence-corrected chi connectivity index (χ2v) is 6.33. The lowest BCUT2D eigenvalue weighted by molar-refractivity contribution is -0.137. The molecule has 4 aromatic rings.